The summed E-state index contributed by atoms with van der Waals surface area (Å²) in [5.41, 5.74) is 10.1. The summed E-state index contributed by atoms with van der Waals surface area (Å²) in [6, 6.07) is 10.2. The van der Waals surface area contributed by atoms with Crippen LogP contribution in [0.1, 0.15) is 29.7 Å². The van der Waals surface area contributed by atoms with Crippen LogP contribution < -0.4 is 5.73 Å². The summed E-state index contributed by atoms with van der Waals surface area (Å²) in [5.74, 6) is -0.411. The van der Waals surface area contributed by atoms with Crippen molar-refractivity contribution >= 4 is 5.69 Å². The van der Waals surface area contributed by atoms with Gasteiger partial charge in [-0.1, -0.05) is 18.2 Å². The summed E-state index contributed by atoms with van der Waals surface area (Å²) >= 11 is 0. The van der Waals surface area contributed by atoms with Gasteiger partial charge in [-0.15, -0.1) is 0 Å². The number of nitrogens with two attached hydrogens (primary N) is 1. The molecule has 0 fully saturated rings. The molecular formula is C17H19FN2O. The maximum Gasteiger partial charge on any atom is 0.126 e. The zero-order chi connectivity index (χ0) is 15.0. The molecule has 1 aliphatic rings. The fourth-order valence-corrected chi connectivity index (χ4v) is 3.03. The van der Waals surface area contributed by atoms with E-state index in [0.29, 0.717) is 0 Å². The average Bonchev–Trinajstić information content (AvgIpc) is 2.47. The Balaban J connectivity index is 1.87. The molecule has 0 radical (unpaired) electrons. The molecule has 0 amide bonds. The quantitative estimate of drug-likeness (QED) is 0.833. The molecule has 3 N–H and O–H groups in total. The molecule has 1 unspecified atom stereocenters. The number of hydrogen-bond donors (Lipinski definition) is 2. The predicted octanol–water partition coefficient (Wildman–Crippen LogP) is 3.23. The summed E-state index contributed by atoms with van der Waals surface area (Å²) in [6.45, 7) is 3.67. The Bertz CT molecular complexity index is 672. The lowest BCUT2D eigenvalue weighted by Gasteiger charge is -2.34. The number of benzene rings is 2. The molecular weight excluding hydrogens is 267 g/mol. The van der Waals surface area contributed by atoms with Crippen molar-refractivity contribution < 1.29 is 9.50 Å². The summed E-state index contributed by atoms with van der Waals surface area (Å²) in [4.78, 5) is 2.26. The minimum Gasteiger partial charge on any atom is -0.508 e. The topological polar surface area (TPSA) is 49.5 Å². The van der Waals surface area contributed by atoms with Crippen LogP contribution in [0.3, 0.4) is 0 Å². The number of phenols is 1. The molecule has 110 valence electrons. The Morgan fingerprint density at radius 1 is 1.29 bits per heavy atom. The maximum absolute atomic E-state index is 13.1. The molecule has 1 aliphatic heterocycles. The zero-order valence-electron chi connectivity index (χ0n) is 12.0. The summed E-state index contributed by atoms with van der Waals surface area (Å²) < 4.78 is 13.1. The minimum absolute atomic E-state index is 0.00864. The molecule has 0 aliphatic carbocycles. The van der Waals surface area contributed by atoms with Gasteiger partial charge in [0.15, 0.2) is 0 Å². The highest BCUT2D eigenvalue weighted by molar-refractivity contribution is 5.52. The van der Waals surface area contributed by atoms with Crippen LogP contribution in [0.2, 0.25) is 0 Å². The van der Waals surface area contributed by atoms with Gasteiger partial charge in [0.05, 0.1) is 0 Å². The lowest BCUT2D eigenvalue weighted by Crippen LogP contribution is -2.33. The van der Waals surface area contributed by atoms with Crippen molar-refractivity contribution in [3.05, 3.63) is 58.9 Å². The fourth-order valence-electron chi connectivity index (χ4n) is 3.03. The van der Waals surface area contributed by atoms with E-state index < -0.39 is 5.82 Å². The Kier molecular flexibility index (Phi) is 3.55. The first-order valence-electron chi connectivity index (χ1n) is 7.15. The van der Waals surface area contributed by atoms with E-state index in [2.05, 4.69) is 11.0 Å². The second-order valence-electron chi connectivity index (χ2n) is 5.58. The van der Waals surface area contributed by atoms with Crippen molar-refractivity contribution in [3.63, 3.8) is 0 Å². The van der Waals surface area contributed by atoms with Gasteiger partial charge in [0.25, 0.3) is 0 Å². The molecule has 1 atom stereocenters. The maximum atomic E-state index is 13.1. The zero-order valence-corrected chi connectivity index (χ0v) is 12.0. The lowest BCUT2D eigenvalue weighted by molar-refractivity contribution is 0.189. The molecule has 0 aromatic heterocycles. The summed E-state index contributed by atoms with van der Waals surface area (Å²) in [6.07, 6.45) is 0.937. The molecule has 0 spiro atoms. The normalized spacial score (nSPS) is 16.5. The molecule has 4 heteroatoms. The van der Waals surface area contributed by atoms with Crippen LogP contribution in [-0.2, 0) is 13.0 Å². The van der Waals surface area contributed by atoms with Crippen molar-refractivity contribution in [1.29, 1.82) is 0 Å². The SMILES string of the molecule is CC(c1ccc(F)cc1O)N1CCc2cccc(N)c2C1. The molecule has 21 heavy (non-hydrogen) atoms. The van der Waals surface area contributed by atoms with Crippen molar-refractivity contribution in [2.24, 2.45) is 0 Å². The van der Waals surface area contributed by atoms with E-state index in [0.717, 1.165) is 42.4 Å². The first-order valence-corrected chi connectivity index (χ1v) is 7.15. The van der Waals surface area contributed by atoms with Gasteiger partial charge in [0.1, 0.15) is 11.6 Å². The first-order chi connectivity index (χ1) is 10.1. The van der Waals surface area contributed by atoms with E-state index in [1.54, 1.807) is 6.07 Å². The van der Waals surface area contributed by atoms with Crippen LogP contribution in [0.25, 0.3) is 0 Å². The number of phenolic OH excluding ortho intramolecular Hbond substituents is 1. The molecule has 1 heterocycles. The molecule has 2 aromatic carbocycles. The Morgan fingerprint density at radius 3 is 2.86 bits per heavy atom. The summed E-state index contributed by atoms with van der Waals surface area (Å²) in [5, 5.41) is 9.95. The first kappa shape index (κ1) is 13.9. The smallest absolute Gasteiger partial charge is 0.126 e. The van der Waals surface area contributed by atoms with E-state index in [-0.39, 0.29) is 11.8 Å². The molecule has 0 bridgehead atoms. The van der Waals surface area contributed by atoms with Gasteiger partial charge in [-0.2, -0.15) is 0 Å². The second-order valence-corrected chi connectivity index (χ2v) is 5.58. The number of halogens is 1. The number of fused-ring (bicyclic) bond motifs is 1. The number of hydrogen-bond acceptors (Lipinski definition) is 3. The van der Waals surface area contributed by atoms with Crippen molar-refractivity contribution in [3.8, 4) is 5.75 Å². The number of rotatable bonds is 2. The Morgan fingerprint density at radius 2 is 2.10 bits per heavy atom. The molecule has 2 aromatic rings. The third kappa shape index (κ3) is 2.59. The predicted molar refractivity (Wildman–Crippen MR) is 81.4 cm³/mol. The monoisotopic (exact) mass is 286 g/mol. The standard InChI is InChI=1S/C17H19FN2O/c1-11(14-6-5-13(18)9-17(14)21)20-8-7-12-3-2-4-16(19)15(12)10-20/h2-6,9,11,21H,7-8,10,19H2,1H3. The van der Waals surface area contributed by atoms with Crippen LogP contribution in [-0.4, -0.2) is 16.6 Å². The van der Waals surface area contributed by atoms with E-state index >= 15 is 0 Å². The van der Waals surface area contributed by atoms with Crippen molar-refractivity contribution in [2.45, 2.75) is 25.9 Å². The Hall–Kier alpha value is -2.07. The number of aromatic hydroxyl groups is 1. The summed E-state index contributed by atoms with van der Waals surface area (Å²) in [7, 11) is 0. The van der Waals surface area contributed by atoms with E-state index in [1.807, 2.05) is 19.1 Å². The van der Waals surface area contributed by atoms with Crippen molar-refractivity contribution in [2.75, 3.05) is 12.3 Å². The number of nitrogens with zero attached hydrogens (tertiary/aromatic N) is 1. The van der Waals surface area contributed by atoms with Crippen LogP contribution in [0.15, 0.2) is 36.4 Å². The lowest BCUT2D eigenvalue weighted by atomic mass is 9.95. The van der Waals surface area contributed by atoms with Crippen LogP contribution in [0.4, 0.5) is 10.1 Å². The van der Waals surface area contributed by atoms with E-state index in [9.17, 15) is 9.50 Å². The van der Waals surface area contributed by atoms with E-state index in [1.165, 1.54) is 11.6 Å². The highest BCUT2D eigenvalue weighted by Crippen LogP contribution is 2.33. The van der Waals surface area contributed by atoms with Gasteiger partial charge < -0.3 is 10.8 Å². The van der Waals surface area contributed by atoms with Crippen molar-refractivity contribution in [1.82, 2.24) is 4.90 Å². The largest absolute Gasteiger partial charge is 0.508 e. The second kappa shape index (κ2) is 5.37. The van der Waals surface area contributed by atoms with Gasteiger partial charge in [-0.05, 0) is 36.6 Å². The van der Waals surface area contributed by atoms with Crippen LogP contribution in [0, 0.1) is 5.82 Å². The molecule has 0 saturated carbocycles. The Labute approximate surface area is 123 Å². The fraction of sp³-hybridized carbons (Fsp3) is 0.294. The molecule has 0 saturated heterocycles. The molecule has 3 rings (SSSR count). The number of nitrogen functional groups attached to an aromatic ring is 1. The van der Waals surface area contributed by atoms with Gasteiger partial charge in [-0.25, -0.2) is 4.39 Å². The van der Waals surface area contributed by atoms with Gasteiger partial charge in [-0.3, -0.25) is 4.90 Å². The number of anilines is 1. The third-order valence-corrected chi connectivity index (χ3v) is 4.33. The highest BCUT2D eigenvalue weighted by Gasteiger charge is 2.24. The van der Waals surface area contributed by atoms with Crippen LogP contribution >= 0.6 is 0 Å². The highest BCUT2D eigenvalue weighted by atomic mass is 19.1. The van der Waals surface area contributed by atoms with Crippen LogP contribution in [0.5, 0.6) is 5.75 Å². The third-order valence-electron chi connectivity index (χ3n) is 4.33. The van der Waals surface area contributed by atoms with E-state index in [4.69, 9.17) is 5.73 Å². The van der Waals surface area contributed by atoms with Gasteiger partial charge >= 0.3 is 0 Å². The van der Waals surface area contributed by atoms with Gasteiger partial charge in [0.2, 0.25) is 0 Å². The molecule has 3 nitrogen and oxygen atoms in total. The average molecular weight is 286 g/mol. The van der Waals surface area contributed by atoms with Gasteiger partial charge in [0, 0.05) is 36.4 Å². The minimum atomic E-state index is -0.420.